The van der Waals surface area contributed by atoms with Gasteiger partial charge in [-0.1, -0.05) is 19.9 Å². The monoisotopic (exact) mass is 182 g/mol. The van der Waals surface area contributed by atoms with Crippen LogP contribution in [0.1, 0.15) is 20.3 Å². The van der Waals surface area contributed by atoms with Crippen LogP contribution in [0.5, 0.6) is 0 Å². The van der Waals surface area contributed by atoms with Crippen molar-refractivity contribution in [2.45, 2.75) is 26.3 Å². The molecule has 0 aromatic carbocycles. The molecule has 0 bridgehead atoms. The summed E-state index contributed by atoms with van der Waals surface area (Å²) in [5.41, 5.74) is 0. The Morgan fingerprint density at radius 2 is 2.38 bits per heavy atom. The maximum atomic E-state index is 11.3. The normalized spacial score (nSPS) is 22.8. The highest BCUT2D eigenvalue weighted by Crippen LogP contribution is 1.97. The number of nitrogens with one attached hydrogen (secondary N) is 2. The van der Waals surface area contributed by atoms with Crippen molar-refractivity contribution in [1.82, 2.24) is 10.6 Å². The van der Waals surface area contributed by atoms with E-state index in [1.165, 1.54) is 0 Å². The molecule has 74 valence electrons. The first-order valence-corrected chi connectivity index (χ1v) is 4.88. The minimum Gasteiger partial charge on any atom is -0.349 e. The Morgan fingerprint density at radius 1 is 1.62 bits per heavy atom. The molecule has 1 fully saturated rings. The molecule has 0 aromatic heterocycles. The summed E-state index contributed by atoms with van der Waals surface area (Å²) in [4.78, 5) is 11.3. The molecule has 1 unspecified atom stereocenters. The molecule has 0 aliphatic carbocycles. The van der Waals surface area contributed by atoms with Gasteiger partial charge in [-0.25, -0.2) is 0 Å². The Hall–Kier alpha value is -0.830. The second-order valence-electron chi connectivity index (χ2n) is 3.80. The summed E-state index contributed by atoms with van der Waals surface area (Å²) in [6.45, 7) is 6.03. The smallest absolute Gasteiger partial charge is 0.243 e. The predicted octanol–water partition coefficient (Wildman–Crippen LogP) is 0.677. The van der Waals surface area contributed by atoms with E-state index in [2.05, 4.69) is 24.5 Å². The van der Waals surface area contributed by atoms with Crippen molar-refractivity contribution in [2.75, 3.05) is 13.1 Å². The molecule has 0 radical (unpaired) electrons. The van der Waals surface area contributed by atoms with Gasteiger partial charge < -0.3 is 10.6 Å². The predicted molar refractivity (Wildman–Crippen MR) is 53.4 cm³/mol. The molecule has 1 amide bonds. The van der Waals surface area contributed by atoms with Crippen LogP contribution in [-0.4, -0.2) is 25.0 Å². The third-order valence-corrected chi connectivity index (χ3v) is 2.04. The largest absolute Gasteiger partial charge is 0.349 e. The van der Waals surface area contributed by atoms with Crippen LogP contribution in [0.2, 0.25) is 0 Å². The van der Waals surface area contributed by atoms with Crippen molar-refractivity contribution < 1.29 is 4.79 Å². The molecule has 3 nitrogen and oxygen atoms in total. The summed E-state index contributed by atoms with van der Waals surface area (Å²) in [7, 11) is 0. The van der Waals surface area contributed by atoms with Crippen molar-refractivity contribution in [1.29, 1.82) is 0 Å². The maximum absolute atomic E-state index is 11.3. The Labute approximate surface area is 79.6 Å². The van der Waals surface area contributed by atoms with Crippen molar-refractivity contribution >= 4 is 5.91 Å². The fraction of sp³-hybridized carbons (Fsp3) is 0.700. The van der Waals surface area contributed by atoms with Gasteiger partial charge in [-0.3, -0.25) is 4.79 Å². The Bertz CT molecular complexity index is 193. The van der Waals surface area contributed by atoms with Gasteiger partial charge in [0, 0.05) is 12.6 Å². The highest BCUT2D eigenvalue weighted by Gasteiger charge is 2.14. The van der Waals surface area contributed by atoms with Gasteiger partial charge in [0.2, 0.25) is 5.91 Å². The van der Waals surface area contributed by atoms with E-state index in [1.807, 2.05) is 6.08 Å². The lowest BCUT2D eigenvalue weighted by atomic mass is 10.2. The number of allylic oxidation sites excluding steroid dienone is 1. The molecule has 1 atom stereocenters. The van der Waals surface area contributed by atoms with E-state index in [9.17, 15) is 4.79 Å². The van der Waals surface area contributed by atoms with E-state index in [0.717, 1.165) is 19.5 Å². The molecule has 13 heavy (non-hydrogen) atoms. The SMILES string of the molecule is CC(C)/C=C/C(=O)NC1CCNC1. The van der Waals surface area contributed by atoms with Gasteiger partial charge in [-0.05, 0) is 25.0 Å². The van der Waals surface area contributed by atoms with Crippen molar-refractivity contribution in [2.24, 2.45) is 5.92 Å². The number of rotatable bonds is 3. The van der Waals surface area contributed by atoms with E-state index in [-0.39, 0.29) is 5.91 Å². The molecule has 3 heteroatoms. The molecule has 0 saturated carbocycles. The second kappa shape index (κ2) is 5.02. The first kappa shape index (κ1) is 10.3. The zero-order chi connectivity index (χ0) is 9.68. The van der Waals surface area contributed by atoms with Crippen LogP contribution < -0.4 is 10.6 Å². The second-order valence-corrected chi connectivity index (χ2v) is 3.80. The fourth-order valence-electron chi connectivity index (χ4n) is 1.31. The van der Waals surface area contributed by atoms with Crippen molar-refractivity contribution in [3.63, 3.8) is 0 Å². The Kier molecular flexibility index (Phi) is 3.96. The third kappa shape index (κ3) is 4.08. The van der Waals surface area contributed by atoms with Crippen LogP contribution >= 0.6 is 0 Å². The number of carbonyl (C=O) groups excluding carboxylic acids is 1. The summed E-state index contributed by atoms with van der Waals surface area (Å²) in [5.74, 6) is 0.467. The zero-order valence-corrected chi connectivity index (χ0v) is 8.34. The molecule has 0 aromatic rings. The van der Waals surface area contributed by atoms with E-state index in [0.29, 0.717) is 12.0 Å². The molecular weight excluding hydrogens is 164 g/mol. The van der Waals surface area contributed by atoms with Gasteiger partial charge >= 0.3 is 0 Å². The first-order valence-electron chi connectivity index (χ1n) is 4.88. The standard InChI is InChI=1S/C10H18N2O/c1-8(2)3-4-10(13)12-9-5-6-11-7-9/h3-4,8-9,11H,5-7H2,1-2H3,(H,12,13)/b4-3+. The number of amides is 1. The van der Waals surface area contributed by atoms with Crippen LogP contribution in [0.15, 0.2) is 12.2 Å². The molecule has 1 heterocycles. The Balaban J connectivity index is 2.24. The topological polar surface area (TPSA) is 41.1 Å². The first-order chi connectivity index (χ1) is 6.18. The zero-order valence-electron chi connectivity index (χ0n) is 8.34. The van der Waals surface area contributed by atoms with Crippen LogP contribution in [-0.2, 0) is 4.79 Å². The molecular formula is C10H18N2O. The lowest BCUT2D eigenvalue weighted by Crippen LogP contribution is -2.35. The average Bonchev–Trinajstić information content (AvgIpc) is 2.53. The third-order valence-electron chi connectivity index (χ3n) is 2.04. The molecule has 1 saturated heterocycles. The van der Waals surface area contributed by atoms with Crippen LogP contribution in [0.3, 0.4) is 0 Å². The van der Waals surface area contributed by atoms with E-state index in [1.54, 1.807) is 6.08 Å². The van der Waals surface area contributed by atoms with Gasteiger partial charge in [0.1, 0.15) is 0 Å². The van der Waals surface area contributed by atoms with Crippen LogP contribution in [0.25, 0.3) is 0 Å². The highest BCUT2D eigenvalue weighted by molar-refractivity contribution is 5.87. The van der Waals surface area contributed by atoms with Gasteiger partial charge in [-0.15, -0.1) is 0 Å². The summed E-state index contributed by atoms with van der Waals surface area (Å²) in [6, 6.07) is 0.323. The van der Waals surface area contributed by atoms with Crippen LogP contribution in [0, 0.1) is 5.92 Å². The maximum Gasteiger partial charge on any atom is 0.243 e. The van der Waals surface area contributed by atoms with Crippen LogP contribution in [0.4, 0.5) is 0 Å². The molecule has 2 N–H and O–H groups in total. The van der Waals surface area contributed by atoms with E-state index >= 15 is 0 Å². The summed E-state index contributed by atoms with van der Waals surface area (Å²) in [5, 5.41) is 6.15. The molecule has 1 aliphatic rings. The summed E-state index contributed by atoms with van der Waals surface area (Å²) in [6.07, 6.45) is 4.59. The van der Waals surface area contributed by atoms with E-state index in [4.69, 9.17) is 0 Å². The fourth-order valence-corrected chi connectivity index (χ4v) is 1.31. The summed E-state index contributed by atoms with van der Waals surface area (Å²) >= 11 is 0. The number of carbonyl (C=O) groups is 1. The van der Waals surface area contributed by atoms with Gasteiger partial charge in [0.15, 0.2) is 0 Å². The number of hydrogen-bond acceptors (Lipinski definition) is 2. The quantitative estimate of drug-likeness (QED) is 0.630. The molecule has 1 rings (SSSR count). The average molecular weight is 182 g/mol. The lowest BCUT2D eigenvalue weighted by molar-refractivity contribution is -0.117. The van der Waals surface area contributed by atoms with Gasteiger partial charge in [-0.2, -0.15) is 0 Å². The van der Waals surface area contributed by atoms with Crippen molar-refractivity contribution in [3.8, 4) is 0 Å². The van der Waals surface area contributed by atoms with Gasteiger partial charge in [0.05, 0.1) is 0 Å². The number of hydrogen-bond donors (Lipinski definition) is 2. The van der Waals surface area contributed by atoms with E-state index < -0.39 is 0 Å². The van der Waals surface area contributed by atoms with Gasteiger partial charge in [0.25, 0.3) is 0 Å². The molecule has 0 spiro atoms. The lowest BCUT2D eigenvalue weighted by Gasteiger charge is -2.08. The minimum atomic E-state index is 0.0300. The molecule has 1 aliphatic heterocycles. The van der Waals surface area contributed by atoms with Crippen molar-refractivity contribution in [3.05, 3.63) is 12.2 Å². The Morgan fingerprint density at radius 3 is 2.92 bits per heavy atom. The minimum absolute atomic E-state index is 0.0300. The highest BCUT2D eigenvalue weighted by atomic mass is 16.1. The summed E-state index contributed by atoms with van der Waals surface area (Å²) < 4.78 is 0.